The number of hydrogen-bond acceptors (Lipinski definition) is 2. The highest BCUT2D eigenvalue weighted by Gasteiger charge is 2.37. The van der Waals surface area contributed by atoms with Crippen molar-refractivity contribution in [2.45, 2.75) is 47.1 Å². The normalized spacial score (nSPS) is 13.2. The number of carboxylic acids is 1. The Morgan fingerprint density at radius 1 is 1.39 bits per heavy atom. The predicted octanol–water partition coefficient (Wildman–Crippen LogP) is 3.57. The smallest absolute Gasteiger partial charge is 0.312 e. The van der Waals surface area contributed by atoms with E-state index in [9.17, 15) is 9.90 Å². The Balaban J connectivity index is 3.00. The average Bonchev–Trinajstić information content (AvgIpc) is 2.29. The Labute approximate surface area is 109 Å². The van der Waals surface area contributed by atoms with Crippen LogP contribution in [0.3, 0.4) is 0 Å². The molecule has 0 aliphatic heterocycles. The molecule has 3 heteroatoms. The molecule has 0 saturated heterocycles. The molecule has 1 unspecified atom stereocenters. The van der Waals surface area contributed by atoms with Gasteiger partial charge in [0.15, 0.2) is 0 Å². The van der Waals surface area contributed by atoms with E-state index in [1.165, 1.54) is 0 Å². The molecule has 0 spiro atoms. The number of benzene rings is 1. The van der Waals surface area contributed by atoms with Gasteiger partial charge in [0.25, 0.3) is 0 Å². The first-order chi connectivity index (χ1) is 8.28. The Bertz CT molecular complexity index is 435. The van der Waals surface area contributed by atoms with Gasteiger partial charge in [0.05, 0.1) is 5.41 Å². The average molecular weight is 250 g/mol. The summed E-state index contributed by atoms with van der Waals surface area (Å²) in [4.78, 5) is 11.3. The number of aryl methyl sites for hydroxylation is 2. The van der Waals surface area contributed by atoms with Gasteiger partial charge >= 0.3 is 5.97 Å². The SMILES string of the molecule is CCC(Oc1cc(C)ccc1C)C(C)(C)C(=O)O. The van der Waals surface area contributed by atoms with Gasteiger partial charge in [0.2, 0.25) is 0 Å². The highest BCUT2D eigenvalue weighted by molar-refractivity contribution is 5.74. The number of ether oxygens (including phenoxy) is 1. The summed E-state index contributed by atoms with van der Waals surface area (Å²) in [6.07, 6.45) is 0.322. The lowest BCUT2D eigenvalue weighted by Gasteiger charge is -2.30. The van der Waals surface area contributed by atoms with Crippen LogP contribution in [0.2, 0.25) is 0 Å². The molecule has 0 amide bonds. The number of hydrogen-bond donors (Lipinski definition) is 1. The van der Waals surface area contributed by atoms with Crippen molar-refractivity contribution in [1.82, 2.24) is 0 Å². The first-order valence-electron chi connectivity index (χ1n) is 6.26. The molecule has 0 fully saturated rings. The van der Waals surface area contributed by atoms with E-state index in [1.54, 1.807) is 13.8 Å². The number of carbonyl (C=O) groups is 1. The van der Waals surface area contributed by atoms with Gasteiger partial charge in [-0.1, -0.05) is 19.1 Å². The molecular weight excluding hydrogens is 228 g/mol. The maximum Gasteiger partial charge on any atom is 0.312 e. The highest BCUT2D eigenvalue weighted by atomic mass is 16.5. The van der Waals surface area contributed by atoms with Gasteiger partial charge in [-0.15, -0.1) is 0 Å². The van der Waals surface area contributed by atoms with Gasteiger partial charge in [-0.3, -0.25) is 4.79 Å². The second-order valence-corrected chi connectivity index (χ2v) is 5.31. The Kier molecular flexibility index (Phi) is 4.38. The zero-order valence-corrected chi connectivity index (χ0v) is 11.8. The van der Waals surface area contributed by atoms with E-state index >= 15 is 0 Å². The quantitative estimate of drug-likeness (QED) is 0.869. The van der Waals surface area contributed by atoms with Crippen molar-refractivity contribution in [3.8, 4) is 5.75 Å². The lowest BCUT2D eigenvalue weighted by atomic mass is 9.85. The van der Waals surface area contributed by atoms with E-state index < -0.39 is 11.4 Å². The van der Waals surface area contributed by atoms with Crippen LogP contribution in [-0.2, 0) is 4.79 Å². The third-order valence-corrected chi connectivity index (χ3v) is 3.34. The van der Waals surface area contributed by atoms with Gasteiger partial charge < -0.3 is 9.84 Å². The molecule has 18 heavy (non-hydrogen) atoms. The van der Waals surface area contributed by atoms with Crippen molar-refractivity contribution >= 4 is 5.97 Å². The predicted molar refractivity (Wildman–Crippen MR) is 72.0 cm³/mol. The maximum absolute atomic E-state index is 11.3. The molecular formula is C15H22O3. The molecule has 1 N–H and O–H groups in total. The van der Waals surface area contributed by atoms with Crippen LogP contribution in [-0.4, -0.2) is 17.2 Å². The minimum Gasteiger partial charge on any atom is -0.489 e. The van der Waals surface area contributed by atoms with Crippen molar-refractivity contribution in [3.63, 3.8) is 0 Å². The Morgan fingerprint density at radius 2 is 2.00 bits per heavy atom. The van der Waals surface area contributed by atoms with Crippen LogP contribution < -0.4 is 4.74 Å². The van der Waals surface area contributed by atoms with Gasteiger partial charge in [-0.05, 0) is 51.3 Å². The second kappa shape index (κ2) is 5.42. The van der Waals surface area contributed by atoms with E-state index in [0.29, 0.717) is 6.42 Å². The van der Waals surface area contributed by atoms with Crippen LogP contribution in [0, 0.1) is 19.3 Å². The highest BCUT2D eigenvalue weighted by Crippen LogP contribution is 2.30. The minimum atomic E-state index is -0.898. The fraction of sp³-hybridized carbons (Fsp3) is 0.533. The van der Waals surface area contributed by atoms with Crippen LogP contribution >= 0.6 is 0 Å². The fourth-order valence-corrected chi connectivity index (χ4v) is 1.87. The van der Waals surface area contributed by atoms with Gasteiger partial charge in [0.1, 0.15) is 11.9 Å². The van der Waals surface area contributed by atoms with E-state index in [4.69, 9.17) is 4.74 Å². The largest absolute Gasteiger partial charge is 0.489 e. The summed E-state index contributed by atoms with van der Waals surface area (Å²) < 4.78 is 5.92. The maximum atomic E-state index is 11.3. The molecule has 0 aromatic heterocycles. The molecule has 0 saturated carbocycles. The summed E-state index contributed by atoms with van der Waals surface area (Å²) in [5, 5.41) is 9.26. The molecule has 1 aromatic carbocycles. The first-order valence-corrected chi connectivity index (χ1v) is 6.26. The molecule has 0 radical (unpaired) electrons. The Morgan fingerprint density at radius 3 is 2.50 bits per heavy atom. The second-order valence-electron chi connectivity index (χ2n) is 5.31. The van der Waals surface area contributed by atoms with Crippen LogP contribution in [0.1, 0.15) is 38.3 Å². The van der Waals surface area contributed by atoms with Crippen LogP contribution in [0.4, 0.5) is 0 Å². The minimum absolute atomic E-state index is 0.338. The summed E-state index contributed by atoms with van der Waals surface area (Å²) in [6, 6.07) is 5.96. The number of carboxylic acid groups (broad SMARTS) is 1. The van der Waals surface area contributed by atoms with E-state index in [2.05, 4.69) is 0 Å². The molecule has 1 rings (SSSR count). The van der Waals surface area contributed by atoms with Crippen molar-refractivity contribution in [2.75, 3.05) is 0 Å². The summed E-state index contributed by atoms with van der Waals surface area (Å²) >= 11 is 0. The molecule has 1 aromatic rings. The third kappa shape index (κ3) is 3.03. The van der Waals surface area contributed by atoms with E-state index in [-0.39, 0.29) is 6.10 Å². The topological polar surface area (TPSA) is 46.5 Å². The first kappa shape index (κ1) is 14.6. The van der Waals surface area contributed by atoms with E-state index in [1.807, 2.05) is 39.0 Å². The number of aliphatic carboxylic acids is 1. The molecule has 0 aliphatic rings. The van der Waals surface area contributed by atoms with Gasteiger partial charge in [0, 0.05) is 0 Å². The molecule has 0 heterocycles. The third-order valence-electron chi connectivity index (χ3n) is 3.34. The van der Waals surface area contributed by atoms with E-state index in [0.717, 1.165) is 16.9 Å². The molecule has 0 bridgehead atoms. The van der Waals surface area contributed by atoms with Crippen molar-refractivity contribution < 1.29 is 14.6 Å². The fourth-order valence-electron chi connectivity index (χ4n) is 1.87. The summed E-state index contributed by atoms with van der Waals surface area (Å²) in [6.45, 7) is 9.31. The number of rotatable bonds is 5. The zero-order valence-electron chi connectivity index (χ0n) is 11.8. The molecule has 1 atom stereocenters. The van der Waals surface area contributed by atoms with Crippen LogP contribution in [0.15, 0.2) is 18.2 Å². The molecule has 100 valence electrons. The van der Waals surface area contributed by atoms with Crippen molar-refractivity contribution in [3.05, 3.63) is 29.3 Å². The summed E-state index contributed by atoms with van der Waals surface area (Å²) in [7, 11) is 0. The van der Waals surface area contributed by atoms with Gasteiger partial charge in [-0.2, -0.15) is 0 Å². The monoisotopic (exact) mass is 250 g/mol. The molecule has 0 aliphatic carbocycles. The van der Waals surface area contributed by atoms with Crippen molar-refractivity contribution in [1.29, 1.82) is 0 Å². The summed E-state index contributed by atoms with van der Waals surface area (Å²) in [5.41, 5.74) is 1.24. The van der Waals surface area contributed by atoms with Gasteiger partial charge in [-0.25, -0.2) is 0 Å². The lowest BCUT2D eigenvalue weighted by Crippen LogP contribution is -2.40. The molecule has 3 nitrogen and oxygen atoms in total. The Hall–Kier alpha value is -1.51. The summed E-state index contributed by atoms with van der Waals surface area (Å²) in [5.74, 6) is -0.0594. The van der Waals surface area contributed by atoms with Crippen molar-refractivity contribution in [2.24, 2.45) is 5.41 Å². The zero-order chi connectivity index (χ0) is 13.9. The van der Waals surface area contributed by atoms with Crippen LogP contribution in [0.25, 0.3) is 0 Å². The standard InChI is InChI=1S/C15H22O3/c1-6-13(15(4,5)14(16)17)18-12-9-10(2)7-8-11(12)3/h7-9,13H,6H2,1-5H3,(H,16,17). The lowest BCUT2D eigenvalue weighted by molar-refractivity contribution is -0.152. The van der Waals surface area contributed by atoms with Crippen LogP contribution in [0.5, 0.6) is 5.75 Å².